The summed E-state index contributed by atoms with van der Waals surface area (Å²) < 4.78 is 44.9. The molecule has 2 aromatic carbocycles. The third kappa shape index (κ3) is 3.66. The van der Waals surface area contributed by atoms with Crippen molar-refractivity contribution in [1.29, 1.82) is 0 Å². The van der Waals surface area contributed by atoms with Gasteiger partial charge in [0.15, 0.2) is 0 Å². The van der Waals surface area contributed by atoms with Gasteiger partial charge < -0.3 is 10.1 Å². The number of rotatable bonds is 1. The Morgan fingerprint density at radius 2 is 2.00 bits per heavy atom. The topological polar surface area (TPSA) is 41.6 Å². The van der Waals surface area contributed by atoms with Crippen LogP contribution in [0.5, 0.6) is 5.75 Å². The number of alkyl halides is 3. The molecule has 0 fully saturated rings. The Hall–Kier alpha value is -2.41. The standard InChI is InChI=1S/C17H14ClF3N2O2/c1-10-9-23(14-8-11(18)6-7-15(14)25-10)16(24)22-13-5-3-2-4-12(13)17(19,20)21/h2-8,10H,9H2,1H3,(H,22,24)/t10-/m1/s1. The van der Waals surface area contributed by atoms with Gasteiger partial charge in [0.2, 0.25) is 0 Å². The summed E-state index contributed by atoms with van der Waals surface area (Å²) in [6.07, 6.45) is -4.87. The number of anilines is 2. The van der Waals surface area contributed by atoms with E-state index in [1.807, 2.05) is 0 Å². The SMILES string of the molecule is C[C@@H]1CN(C(=O)Nc2ccccc2C(F)(F)F)c2cc(Cl)ccc2O1. The van der Waals surface area contributed by atoms with E-state index in [0.717, 1.165) is 6.07 Å². The third-order valence-electron chi connectivity index (χ3n) is 3.70. The fraction of sp³-hybridized carbons (Fsp3) is 0.235. The monoisotopic (exact) mass is 370 g/mol. The number of benzene rings is 2. The van der Waals surface area contributed by atoms with E-state index < -0.39 is 17.8 Å². The van der Waals surface area contributed by atoms with Crippen LogP contribution in [0.3, 0.4) is 0 Å². The van der Waals surface area contributed by atoms with Gasteiger partial charge in [0.05, 0.1) is 23.5 Å². The lowest BCUT2D eigenvalue weighted by atomic mass is 10.1. The zero-order valence-electron chi connectivity index (χ0n) is 13.1. The minimum Gasteiger partial charge on any atom is -0.487 e. The average molecular weight is 371 g/mol. The van der Waals surface area contributed by atoms with Crippen molar-refractivity contribution >= 4 is 29.0 Å². The van der Waals surface area contributed by atoms with Crippen LogP contribution in [-0.2, 0) is 6.18 Å². The van der Waals surface area contributed by atoms with E-state index in [1.165, 1.54) is 29.2 Å². The molecule has 132 valence electrons. The van der Waals surface area contributed by atoms with Gasteiger partial charge in [0.25, 0.3) is 0 Å². The van der Waals surface area contributed by atoms with Crippen molar-refractivity contribution in [3.63, 3.8) is 0 Å². The summed E-state index contributed by atoms with van der Waals surface area (Å²) in [5.41, 5.74) is -0.800. The summed E-state index contributed by atoms with van der Waals surface area (Å²) in [5, 5.41) is 2.73. The van der Waals surface area contributed by atoms with Crippen LogP contribution in [0.2, 0.25) is 5.02 Å². The lowest BCUT2D eigenvalue weighted by Crippen LogP contribution is -2.44. The van der Waals surface area contributed by atoms with Crippen molar-refractivity contribution in [2.24, 2.45) is 0 Å². The minimum atomic E-state index is -4.57. The highest BCUT2D eigenvalue weighted by Crippen LogP contribution is 2.37. The maximum atomic E-state index is 13.1. The Kier molecular flexibility index (Phi) is 4.51. The molecule has 0 saturated heterocycles. The first-order chi connectivity index (χ1) is 11.8. The van der Waals surface area contributed by atoms with E-state index in [1.54, 1.807) is 19.1 Å². The number of urea groups is 1. The molecule has 3 rings (SSSR count). The van der Waals surface area contributed by atoms with Gasteiger partial charge in [-0.2, -0.15) is 13.2 Å². The van der Waals surface area contributed by atoms with Crippen LogP contribution >= 0.6 is 11.6 Å². The highest BCUT2D eigenvalue weighted by molar-refractivity contribution is 6.31. The molecule has 25 heavy (non-hydrogen) atoms. The van der Waals surface area contributed by atoms with Crippen LogP contribution in [0, 0.1) is 0 Å². The van der Waals surface area contributed by atoms with Gasteiger partial charge in [0, 0.05) is 5.02 Å². The normalized spacial score (nSPS) is 16.8. The summed E-state index contributed by atoms with van der Waals surface area (Å²) in [7, 11) is 0. The molecule has 1 atom stereocenters. The quantitative estimate of drug-likeness (QED) is 0.751. The number of hydrogen-bond donors (Lipinski definition) is 1. The van der Waals surface area contributed by atoms with Crippen LogP contribution in [-0.4, -0.2) is 18.7 Å². The lowest BCUT2D eigenvalue weighted by molar-refractivity contribution is -0.136. The summed E-state index contributed by atoms with van der Waals surface area (Å²) in [4.78, 5) is 13.9. The van der Waals surface area contributed by atoms with Gasteiger partial charge in [-0.15, -0.1) is 0 Å². The van der Waals surface area contributed by atoms with Crippen molar-refractivity contribution in [2.45, 2.75) is 19.2 Å². The zero-order chi connectivity index (χ0) is 18.2. The van der Waals surface area contributed by atoms with Crippen molar-refractivity contribution in [1.82, 2.24) is 0 Å². The summed E-state index contributed by atoms with van der Waals surface area (Å²) in [6.45, 7) is 1.95. The van der Waals surface area contributed by atoms with Crippen LogP contribution in [0.25, 0.3) is 0 Å². The Bertz CT molecular complexity index is 811. The molecule has 0 saturated carbocycles. The predicted molar refractivity (Wildman–Crippen MR) is 89.4 cm³/mol. The fourth-order valence-electron chi connectivity index (χ4n) is 2.62. The second kappa shape index (κ2) is 6.48. The molecular formula is C17H14ClF3N2O2. The van der Waals surface area contributed by atoms with E-state index in [2.05, 4.69) is 5.32 Å². The molecule has 0 bridgehead atoms. The number of nitrogens with one attached hydrogen (secondary N) is 1. The second-order valence-electron chi connectivity index (χ2n) is 5.62. The van der Waals surface area contributed by atoms with Gasteiger partial charge >= 0.3 is 12.2 Å². The highest BCUT2D eigenvalue weighted by atomic mass is 35.5. The number of carbonyl (C=O) groups is 1. The average Bonchev–Trinajstić information content (AvgIpc) is 2.54. The Labute approximate surface area is 147 Å². The number of carbonyl (C=O) groups excluding carboxylic acids is 1. The zero-order valence-corrected chi connectivity index (χ0v) is 13.9. The molecular weight excluding hydrogens is 357 g/mol. The third-order valence-corrected chi connectivity index (χ3v) is 3.93. The summed E-state index contributed by atoms with van der Waals surface area (Å²) in [6, 6.07) is 8.92. The van der Waals surface area contributed by atoms with Crippen molar-refractivity contribution in [3.05, 3.63) is 53.1 Å². The molecule has 0 aliphatic carbocycles. The Balaban J connectivity index is 1.92. The first kappa shape index (κ1) is 17.4. The van der Waals surface area contributed by atoms with Crippen LogP contribution in [0.4, 0.5) is 29.3 Å². The molecule has 2 amide bonds. The fourth-order valence-corrected chi connectivity index (χ4v) is 2.79. The van der Waals surface area contributed by atoms with Gasteiger partial charge in [0.1, 0.15) is 11.9 Å². The number of fused-ring (bicyclic) bond motifs is 1. The van der Waals surface area contributed by atoms with E-state index in [-0.39, 0.29) is 18.3 Å². The molecule has 0 unspecified atom stereocenters. The smallest absolute Gasteiger partial charge is 0.418 e. The lowest BCUT2D eigenvalue weighted by Gasteiger charge is -2.33. The maximum absolute atomic E-state index is 13.1. The summed E-state index contributed by atoms with van der Waals surface area (Å²) in [5.74, 6) is 0.447. The first-order valence-electron chi connectivity index (χ1n) is 7.46. The van der Waals surface area contributed by atoms with E-state index >= 15 is 0 Å². The van der Waals surface area contributed by atoms with Crippen molar-refractivity contribution in [2.75, 3.05) is 16.8 Å². The van der Waals surface area contributed by atoms with Crippen LogP contribution < -0.4 is 15.0 Å². The van der Waals surface area contributed by atoms with E-state index in [9.17, 15) is 18.0 Å². The molecule has 1 N–H and O–H groups in total. The molecule has 0 spiro atoms. The van der Waals surface area contributed by atoms with Crippen molar-refractivity contribution < 1.29 is 22.7 Å². The number of ether oxygens (including phenoxy) is 1. The first-order valence-corrected chi connectivity index (χ1v) is 7.84. The number of hydrogen-bond acceptors (Lipinski definition) is 2. The molecule has 1 aliphatic rings. The molecule has 1 aliphatic heterocycles. The Morgan fingerprint density at radius 3 is 2.72 bits per heavy atom. The van der Waals surface area contributed by atoms with Crippen LogP contribution in [0.1, 0.15) is 12.5 Å². The second-order valence-corrected chi connectivity index (χ2v) is 6.06. The number of para-hydroxylation sites is 1. The van der Waals surface area contributed by atoms with E-state index in [4.69, 9.17) is 16.3 Å². The van der Waals surface area contributed by atoms with Gasteiger partial charge in [-0.05, 0) is 37.3 Å². The molecule has 1 heterocycles. The molecule has 8 heteroatoms. The minimum absolute atomic E-state index is 0.188. The summed E-state index contributed by atoms with van der Waals surface area (Å²) >= 11 is 5.97. The number of halogens is 4. The molecule has 4 nitrogen and oxygen atoms in total. The van der Waals surface area contributed by atoms with Crippen molar-refractivity contribution in [3.8, 4) is 5.75 Å². The Morgan fingerprint density at radius 1 is 1.28 bits per heavy atom. The van der Waals surface area contributed by atoms with Crippen LogP contribution in [0.15, 0.2) is 42.5 Å². The van der Waals surface area contributed by atoms with Gasteiger partial charge in [-0.25, -0.2) is 4.79 Å². The van der Waals surface area contributed by atoms with E-state index in [0.29, 0.717) is 16.5 Å². The molecule has 0 aromatic heterocycles. The van der Waals surface area contributed by atoms with Gasteiger partial charge in [-0.3, -0.25) is 4.90 Å². The molecule has 0 radical (unpaired) electrons. The largest absolute Gasteiger partial charge is 0.487 e. The number of nitrogens with zero attached hydrogens (tertiary/aromatic N) is 1. The molecule has 2 aromatic rings. The highest BCUT2D eigenvalue weighted by Gasteiger charge is 2.35. The number of amides is 2. The predicted octanol–water partition coefficient (Wildman–Crippen LogP) is 5.18. The van der Waals surface area contributed by atoms with Gasteiger partial charge in [-0.1, -0.05) is 23.7 Å². The maximum Gasteiger partial charge on any atom is 0.418 e.